The van der Waals surface area contributed by atoms with Gasteiger partial charge in [-0.3, -0.25) is 0 Å². The van der Waals surface area contributed by atoms with Gasteiger partial charge in [0.1, 0.15) is 5.76 Å². The van der Waals surface area contributed by atoms with Gasteiger partial charge in [-0.15, -0.1) is 13.2 Å². The van der Waals surface area contributed by atoms with Crippen molar-refractivity contribution in [2.45, 2.75) is 45.0 Å². The van der Waals surface area contributed by atoms with E-state index in [4.69, 9.17) is 11.6 Å². The molecule has 6 heteroatoms. The van der Waals surface area contributed by atoms with E-state index >= 15 is 0 Å². The zero-order valence-corrected chi connectivity index (χ0v) is 18.1. The minimum atomic E-state index is -4.67. The first-order chi connectivity index (χ1) is 14.9. The molecule has 164 valence electrons. The van der Waals surface area contributed by atoms with Crippen molar-refractivity contribution in [1.29, 1.82) is 0 Å². The molecule has 1 unspecified atom stereocenters. The highest BCUT2D eigenvalue weighted by Gasteiger charge is 2.35. The second-order valence-corrected chi connectivity index (χ2v) is 8.47. The molecule has 2 nitrogen and oxygen atoms in total. The molecule has 0 amide bonds. The quantitative estimate of drug-likeness (QED) is 0.469. The summed E-state index contributed by atoms with van der Waals surface area (Å²) in [6.07, 6.45) is 3.58. The topological polar surface area (TPSA) is 12.5 Å². The summed E-state index contributed by atoms with van der Waals surface area (Å²) in [6.45, 7) is 2.97. The predicted octanol–water partition coefficient (Wildman–Crippen LogP) is 7.53. The van der Waals surface area contributed by atoms with Crippen LogP contribution in [0.15, 0.2) is 66.5 Å². The van der Waals surface area contributed by atoms with Gasteiger partial charge in [0.05, 0.1) is 0 Å². The molecule has 1 aliphatic carbocycles. The van der Waals surface area contributed by atoms with Crippen LogP contribution >= 0.6 is 11.6 Å². The van der Waals surface area contributed by atoms with Crippen molar-refractivity contribution in [3.8, 4) is 11.1 Å². The Hall–Kier alpha value is -2.40. The number of benzene rings is 2. The fourth-order valence-corrected chi connectivity index (χ4v) is 4.97. The predicted molar refractivity (Wildman–Crippen MR) is 119 cm³/mol. The third-order valence-electron chi connectivity index (χ3n) is 5.95. The molecule has 2 aromatic carbocycles. The Morgan fingerprint density at radius 2 is 1.97 bits per heavy atom. The van der Waals surface area contributed by atoms with Crippen LogP contribution in [0.2, 0.25) is 5.02 Å². The van der Waals surface area contributed by atoms with E-state index in [-0.39, 0.29) is 17.7 Å². The van der Waals surface area contributed by atoms with Gasteiger partial charge in [0.2, 0.25) is 0 Å². The summed E-state index contributed by atoms with van der Waals surface area (Å²) in [7, 11) is 0. The lowest BCUT2D eigenvalue weighted by Crippen LogP contribution is -2.44. The molecule has 2 aliphatic rings. The number of nitrogens with zero attached hydrogens (tertiary/aromatic N) is 1. The Labute approximate surface area is 186 Å². The van der Waals surface area contributed by atoms with Crippen LogP contribution < -0.4 is 4.90 Å². The first kappa shape index (κ1) is 21.8. The van der Waals surface area contributed by atoms with E-state index < -0.39 is 6.36 Å². The minimum Gasteiger partial charge on any atom is -0.406 e. The summed E-state index contributed by atoms with van der Waals surface area (Å²) in [5, 5.41) is 0.700. The van der Waals surface area contributed by atoms with Gasteiger partial charge in [-0.2, -0.15) is 0 Å². The standard InChI is InChI=1S/C25H25ClF3NO/c1-2-14-30-23(18-7-4-9-20(16-18)31-25(27,28)29)13-12-22-21(10-5-11-24(22)30)17-6-3-8-19(26)15-17/h3-6,8-11,15-16,18,23H,2,7,12-14H2,1H3/t18?,23-/m1/s1. The van der Waals surface area contributed by atoms with Crippen molar-refractivity contribution in [2.24, 2.45) is 5.92 Å². The molecule has 31 heavy (non-hydrogen) atoms. The van der Waals surface area contributed by atoms with Crippen molar-refractivity contribution in [2.75, 3.05) is 11.4 Å². The highest BCUT2D eigenvalue weighted by molar-refractivity contribution is 6.30. The highest BCUT2D eigenvalue weighted by atomic mass is 35.5. The Bertz CT molecular complexity index is 999. The van der Waals surface area contributed by atoms with E-state index in [1.807, 2.05) is 18.2 Å². The molecular formula is C25H25ClF3NO. The second kappa shape index (κ2) is 8.99. The van der Waals surface area contributed by atoms with Crippen LogP contribution in [-0.4, -0.2) is 18.9 Å². The molecule has 0 saturated carbocycles. The number of rotatable bonds is 5. The monoisotopic (exact) mass is 447 g/mol. The molecule has 0 radical (unpaired) electrons. The third-order valence-corrected chi connectivity index (χ3v) is 6.18. The number of ether oxygens (including phenoxy) is 1. The van der Waals surface area contributed by atoms with E-state index in [2.05, 4.69) is 40.8 Å². The fraction of sp³-hybridized carbons (Fsp3) is 0.360. The normalized spacial score (nSPS) is 20.9. The van der Waals surface area contributed by atoms with Crippen molar-refractivity contribution in [1.82, 2.24) is 0 Å². The first-order valence-electron chi connectivity index (χ1n) is 10.6. The van der Waals surface area contributed by atoms with Crippen molar-refractivity contribution >= 4 is 17.3 Å². The number of hydrogen-bond acceptors (Lipinski definition) is 2. The summed E-state index contributed by atoms with van der Waals surface area (Å²) < 4.78 is 42.4. The Balaban J connectivity index is 1.68. The van der Waals surface area contributed by atoms with Gasteiger partial charge in [-0.25, -0.2) is 0 Å². The number of allylic oxidation sites excluding steroid dienone is 2. The van der Waals surface area contributed by atoms with Crippen molar-refractivity contribution in [3.05, 3.63) is 77.0 Å². The summed E-state index contributed by atoms with van der Waals surface area (Å²) in [5.74, 6) is -0.143. The Kier molecular flexibility index (Phi) is 6.33. The molecule has 0 spiro atoms. The van der Waals surface area contributed by atoms with Crippen LogP contribution in [0.3, 0.4) is 0 Å². The van der Waals surface area contributed by atoms with E-state index in [0.29, 0.717) is 11.4 Å². The van der Waals surface area contributed by atoms with E-state index in [1.54, 1.807) is 12.2 Å². The van der Waals surface area contributed by atoms with Crippen LogP contribution in [0.5, 0.6) is 0 Å². The maximum atomic E-state index is 12.7. The van der Waals surface area contributed by atoms with Gasteiger partial charge in [-0.05, 0) is 72.7 Å². The van der Waals surface area contributed by atoms with Crippen LogP contribution in [0.25, 0.3) is 11.1 Å². The lowest BCUT2D eigenvalue weighted by molar-refractivity contribution is -0.303. The highest BCUT2D eigenvalue weighted by Crippen LogP contribution is 2.41. The fourth-order valence-electron chi connectivity index (χ4n) is 4.78. The number of alkyl halides is 3. The number of hydrogen-bond donors (Lipinski definition) is 0. The average molecular weight is 448 g/mol. The number of halogens is 4. The van der Waals surface area contributed by atoms with E-state index in [9.17, 15) is 13.2 Å². The van der Waals surface area contributed by atoms with Gasteiger partial charge < -0.3 is 9.64 Å². The van der Waals surface area contributed by atoms with Gasteiger partial charge in [0.15, 0.2) is 0 Å². The van der Waals surface area contributed by atoms with E-state index in [0.717, 1.165) is 37.1 Å². The maximum Gasteiger partial charge on any atom is 0.573 e. The first-order valence-corrected chi connectivity index (χ1v) is 11.0. The summed E-state index contributed by atoms with van der Waals surface area (Å²) in [6, 6.07) is 14.3. The van der Waals surface area contributed by atoms with Crippen molar-refractivity contribution < 1.29 is 17.9 Å². The molecule has 0 aromatic heterocycles. The minimum absolute atomic E-state index is 0.0307. The van der Waals surface area contributed by atoms with Gasteiger partial charge >= 0.3 is 6.36 Å². The number of fused-ring (bicyclic) bond motifs is 1. The molecule has 1 aliphatic heterocycles. The van der Waals surface area contributed by atoms with Gasteiger partial charge in [0, 0.05) is 29.2 Å². The average Bonchev–Trinajstić information content (AvgIpc) is 2.73. The molecule has 4 rings (SSSR count). The Morgan fingerprint density at radius 3 is 2.71 bits per heavy atom. The summed E-state index contributed by atoms with van der Waals surface area (Å²) in [5.41, 5.74) is 4.69. The molecule has 0 fully saturated rings. The molecule has 2 aromatic rings. The molecule has 0 saturated heterocycles. The van der Waals surface area contributed by atoms with Crippen LogP contribution in [-0.2, 0) is 11.2 Å². The summed E-state index contributed by atoms with van der Waals surface area (Å²) >= 11 is 6.23. The lowest BCUT2D eigenvalue weighted by Gasteiger charge is -2.43. The second-order valence-electron chi connectivity index (χ2n) is 8.03. The Morgan fingerprint density at radius 1 is 1.16 bits per heavy atom. The molecule has 0 bridgehead atoms. The van der Waals surface area contributed by atoms with Crippen LogP contribution in [0.4, 0.5) is 18.9 Å². The molecular weight excluding hydrogens is 423 g/mol. The third kappa shape index (κ3) is 4.93. The summed E-state index contributed by atoms with van der Waals surface area (Å²) in [4.78, 5) is 2.37. The molecule has 2 atom stereocenters. The molecule has 0 N–H and O–H groups in total. The lowest BCUT2D eigenvalue weighted by atomic mass is 9.82. The zero-order chi connectivity index (χ0) is 22.0. The van der Waals surface area contributed by atoms with Crippen molar-refractivity contribution in [3.63, 3.8) is 0 Å². The van der Waals surface area contributed by atoms with Crippen LogP contribution in [0, 0.1) is 5.92 Å². The smallest absolute Gasteiger partial charge is 0.406 e. The van der Waals surface area contributed by atoms with E-state index in [1.165, 1.54) is 17.2 Å². The molecule has 1 heterocycles. The van der Waals surface area contributed by atoms with Crippen LogP contribution in [0.1, 0.15) is 31.7 Å². The maximum absolute atomic E-state index is 12.7. The largest absolute Gasteiger partial charge is 0.573 e. The SMILES string of the molecule is CCCN1c2cccc(-c3cccc(Cl)c3)c2CC[C@@H]1C1C=C(OC(F)(F)F)C=CC1. The van der Waals surface area contributed by atoms with Gasteiger partial charge in [0.25, 0.3) is 0 Å². The zero-order valence-electron chi connectivity index (χ0n) is 17.3. The number of anilines is 1. The van der Waals surface area contributed by atoms with Gasteiger partial charge in [-0.1, -0.05) is 48.9 Å².